The van der Waals surface area contributed by atoms with Crippen LogP contribution in [-0.4, -0.2) is 64.6 Å². The SMILES string of the molecule is CCCc1ccc(OCC(=O)N2CCCN(C(=O)c3ccc(=O)[nH]n3)CC2)cc1. The van der Waals surface area contributed by atoms with Gasteiger partial charge in [0.15, 0.2) is 6.61 Å². The van der Waals surface area contributed by atoms with Crippen LogP contribution >= 0.6 is 0 Å². The van der Waals surface area contributed by atoms with E-state index in [1.54, 1.807) is 9.80 Å². The first-order valence-electron chi connectivity index (χ1n) is 9.91. The Kier molecular flexibility index (Phi) is 6.99. The second-order valence-corrected chi connectivity index (χ2v) is 7.02. The van der Waals surface area contributed by atoms with Crippen LogP contribution in [0, 0.1) is 0 Å². The van der Waals surface area contributed by atoms with Crippen LogP contribution in [0.15, 0.2) is 41.2 Å². The maximum Gasteiger partial charge on any atom is 0.274 e. The van der Waals surface area contributed by atoms with Gasteiger partial charge >= 0.3 is 0 Å². The Morgan fingerprint density at radius 3 is 2.45 bits per heavy atom. The molecule has 3 rings (SSSR count). The van der Waals surface area contributed by atoms with Gasteiger partial charge in [0.1, 0.15) is 11.4 Å². The van der Waals surface area contributed by atoms with Crippen molar-refractivity contribution in [3.8, 4) is 5.75 Å². The van der Waals surface area contributed by atoms with Crippen LogP contribution in [0.25, 0.3) is 0 Å². The van der Waals surface area contributed by atoms with Crippen LogP contribution in [0.4, 0.5) is 0 Å². The summed E-state index contributed by atoms with van der Waals surface area (Å²) >= 11 is 0. The molecular formula is C21H26N4O4. The molecule has 0 spiro atoms. The third-order valence-corrected chi connectivity index (χ3v) is 4.86. The van der Waals surface area contributed by atoms with E-state index in [1.165, 1.54) is 17.7 Å². The first-order valence-corrected chi connectivity index (χ1v) is 9.91. The lowest BCUT2D eigenvalue weighted by Gasteiger charge is -2.22. The van der Waals surface area contributed by atoms with Gasteiger partial charge in [-0.3, -0.25) is 14.4 Å². The van der Waals surface area contributed by atoms with Crippen LogP contribution in [0.2, 0.25) is 0 Å². The fourth-order valence-corrected chi connectivity index (χ4v) is 3.27. The summed E-state index contributed by atoms with van der Waals surface area (Å²) in [6.07, 6.45) is 2.79. The average molecular weight is 398 g/mol. The lowest BCUT2D eigenvalue weighted by atomic mass is 10.1. The molecule has 8 nitrogen and oxygen atoms in total. The normalized spacial score (nSPS) is 14.4. The summed E-state index contributed by atoms with van der Waals surface area (Å²) < 4.78 is 5.63. The van der Waals surface area contributed by atoms with E-state index in [9.17, 15) is 14.4 Å². The Bertz CT molecular complexity index is 874. The number of hydrogen-bond donors (Lipinski definition) is 1. The summed E-state index contributed by atoms with van der Waals surface area (Å²) in [5, 5.41) is 6.06. The molecule has 0 aliphatic carbocycles. The second-order valence-electron chi connectivity index (χ2n) is 7.02. The van der Waals surface area contributed by atoms with Crippen LogP contribution in [-0.2, 0) is 11.2 Å². The molecule has 1 aliphatic heterocycles. The van der Waals surface area contributed by atoms with Crippen molar-refractivity contribution in [2.24, 2.45) is 0 Å². The van der Waals surface area contributed by atoms with Gasteiger partial charge in [0, 0.05) is 32.2 Å². The van der Waals surface area contributed by atoms with Gasteiger partial charge < -0.3 is 14.5 Å². The fourth-order valence-electron chi connectivity index (χ4n) is 3.27. The lowest BCUT2D eigenvalue weighted by Crippen LogP contribution is -2.39. The molecule has 1 saturated heterocycles. The molecule has 1 N–H and O–H groups in total. The molecular weight excluding hydrogens is 372 g/mol. The van der Waals surface area contributed by atoms with Crippen molar-refractivity contribution in [2.45, 2.75) is 26.2 Å². The number of carbonyl (C=O) groups is 2. The van der Waals surface area contributed by atoms with Crippen molar-refractivity contribution >= 4 is 11.8 Å². The van der Waals surface area contributed by atoms with Gasteiger partial charge in [0.2, 0.25) is 0 Å². The zero-order chi connectivity index (χ0) is 20.6. The Morgan fingerprint density at radius 1 is 1.03 bits per heavy atom. The Labute approximate surface area is 169 Å². The van der Waals surface area contributed by atoms with E-state index in [-0.39, 0.29) is 29.7 Å². The summed E-state index contributed by atoms with van der Waals surface area (Å²) in [5.41, 5.74) is 1.09. The molecule has 2 aromatic rings. The Morgan fingerprint density at radius 2 is 1.76 bits per heavy atom. The number of benzene rings is 1. The highest BCUT2D eigenvalue weighted by molar-refractivity contribution is 5.92. The number of carbonyl (C=O) groups excluding carboxylic acids is 2. The monoisotopic (exact) mass is 398 g/mol. The van der Waals surface area contributed by atoms with Crippen molar-refractivity contribution in [1.82, 2.24) is 20.0 Å². The van der Waals surface area contributed by atoms with Crippen molar-refractivity contribution in [3.63, 3.8) is 0 Å². The smallest absolute Gasteiger partial charge is 0.274 e. The molecule has 0 saturated carbocycles. The second kappa shape index (κ2) is 9.86. The van der Waals surface area contributed by atoms with Crippen molar-refractivity contribution in [2.75, 3.05) is 32.8 Å². The molecule has 1 fully saturated rings. The first-order chi connectivity index (χ1) is 14.1. The van der Waals surface area contributed by atoms with Crippen molar-refractivity contribution in [1.29, 1.82) is 0 Å². The van der Waals surface area contributed by atoms with Crippen LogP contribution in [0.1, 0.15) is 35.8 Å². The lowest BCUT2D eigenvalue weighted by molar-refractivity contribution is -0.133. The largest absolute Gasteiger partial charge is 0.484 e. The predicted molar refractivity (Wildman–Crippen MR) is 108 cm³/mol. The number of amides is 2. The molecule has 8 heteroatoms. The summed E-state index contributed by atoms with van der Waals surface area (Å²) in [6, 6.07) is 10.5. The first kappa shape index (κ1) is 20.6. The van der Waals surface area contributed by atoms with E-state index in [0.717, 1.165) is 12.8 Å². The van der Waals surface area contributed by atoms with E-state index < -0.39 is 0 Å². The number of ether oxygens (including phenoxy) is 1. The predicted octanol–water partition coefficient (Wildman–Crippen LogP) is 1.48. The van der Waals surface area contributed by atoms with E-state index in [0.29, 0.717) is 38.3 Å². The van der Waals surface area contributed by atoms with Gasteiger partial charge in [-0.1, -0.05) is 25.5 Å². The number of nitrogens with one attached hydrogen (secondary N) is 1. The van der Waals surface area contributed by atoms with Gasteiger partial charge in [-0.25, -0.2) is 5.10 Å². The van der Waals surface area contributed by atoms with Crippen LogP contribution in [0.3, 0.4) is 0 Å². The van der Waals surface area contributed by atoms with Gasteiger partial charge in [0.25, 0.3) is 17.4 Å². The highest BCUT2D eigenvalue weighted by Gasteiger charge is 2.23. The highest BCUT2D eigenvalue weighted by atomic mass is 16.5. The van der Waals surface area contributed by atoms with E-state index in [1.807, 2.05) is 24.3 Å². The molecule has 0 bridgehead atoms. The third-order valence-electron chi connectivity index (χ3n) is 4.86. The number of nitrogens with zero attached hydrogens (tertiary/aromatic N) is 3. The highest BCUT2D eigenvalue weighted by Crippen LogP contribution is 2.14. The molecule has 154 valence electrons. The summed E-state index contributed by atoms with van der Waals surface area (Å²) in [4.78, 5) is 39.5. The van der Waals surface area contributed by atoms with Crippen LogP contribution in [0.5, 0.6) is 5.75 Å². The van der Waals surface area contributed by atoms with Gasteiger partial charge in [0.05, 0.1) is 0 Å². The molecule has 0 unspecified atom stereocenters. The number of H-pyrrole nitrogens is 1. The molecule has 0 atom stereocenters. The third kappa shape index (κ3) is 5.66. The standard InChI is InChI=1S/C21H26N4O4/c1-2-4-16-5-7-17(8-6-16)29-15-20(27)24-11-3-12-25(14-13-24)21(28)18-9-10-19(26)23-22-18/h5-10H,2-4,11-15H2,1H3,(H,23,26). The Hall–Kier alpha value is -3.16. The number of aryl methyl sites for hydroxylation is 1. The summed E-state index contributed by atoms with van der Waals surface area (Å²) in [7, 11) is 0. The summed E-state index contributed by atoms with van der Waals surface area (Å²) in [6.45, 7) is 4.06. The maximum atomic E-state index is 12.5. The summed E-state index contributed by atoms with van der Waals surface area (Å²) in [5.74, 6) is 0.326. The van der Waals surface area contributed by atoms with Gasteiger partial charge in [-0.2, -0.15) is 5.10 Å². The van der Waals surface area contributed by atoms with Crippen molar-refractivity contribution < 1.29 is 14.3 Å². The fraction of sp³-hybridized carbons (Fsp3) is 0.429. The maximum absolute atomic E-state index is 12.5. The average Bonchev–Trinajstić information content (AvgIpc) is 3.00. The van der Waals surface area contributed by atoms with Crippen molar-refractivity contribution in [3.05, 3.63) is 58.0 Å². The molecule has 2 heterocycles. The number of hydrogen-bond acceptors (Lipinski definition) is 5. The molecule has 1 aromatic carbocycles. The molecule has 1 aromatic heterocycles. The minimum absolute atomic E-state index is 0.0252. The molecule has 0 radical (unpaired) electrons. The van der Waals surface area contributed by atoms with E-state index >= 15 is 0 Å². The number of rotatable bonds is 6. The molecule has 29 heavy (non-hydrogen) atoms. The zero-order valence-corrected chi connectivity index (χ0v) is 16.6. The zero-order valence-electron chi connectivity index (χ0n) is 16.6. The number of aromatic nitrogens is 2. The van der Waals surface area contributed by atoms with Gasteiger partial charge in [-0.15, -0.1) is 0 Å². The van der Waals surface area contributed by atoms with E-state index in [2.05, 4.69) is 17.1 Å². The Balaban J connectivity index is 1.50. The van der Waals surface area contributed by atoms with E-state index in [4.69, 9.17) is 4.74 Å². The topological polar surface area (TPSA) is 95.6 Å². The minimum atomic E-state index is -0.353. The minimum Gasteiger partial charge on any atom is -0.484 e. The quantitative estimate of drug-likeness (QED) is 0.795. The number of aromatic amines is 1. The van der Waals surface area contributed by atoms with Crippen LogP contribution < -0.4 is 10.3 Å². The molecule has 2 amide bonds. The molecule has 1 aliphatic rings. The van der Waals surface area contributed by atoms with Gasteiger partial charge in [-0.05, 0) is 36.6 Å².